The first kappa shape index (κ1) is 9.84. The molecule has 0 saturated carbocycles. The van der Waals surface area contributed by atoms with Gasteiger partial charge in [0, 0.05) is 5.56 Å². The zero-order chi connectivity index (χ0) is 10.5. The highest BCUT2D eigenvalue weighted by Crippen LogP contribution is 2.18. The Morgan fingerprint density at radius 3 is 2.33 bits per heavy atom. The van der Waals surface area contributed by atoms with E-state index in [1.807, 2.05) is 6.07 Å². The van der Waals surface area contributed by atoms with Crippen LogP contribution in [0.1, 0.15) is 18.9 Å². The van der Waals surface area contributed by atoms with Crippen LogP contribution in [0.2, 0.25) is 0 Å². The van der Waals surface area contributed by atoms with Crippen LogP contribution < -0.4 is 0 Å². The molecule has 0 amide bonds. The fourth-order valence-corrected chi connectivity index (χ4v) is 1.61. The van der Waals surface area contributed by atoms with Crippen molar-refractivity contribution in [1.82, 2.24) is 10.2 Å². The van der Waals surface area contributed by atoms with Crippen LogP contribution in [-0.4, -0.2) is 10.2 Å². The second-order valence-electron chi connectivity index (χ2n) is 3.58. The minimum atomic E-state index is 1.12. The molecular weight excluding hydrogens is 184 g/mol. The zero-order valence-corrected chi connectivity index (χ0v) is 8.85. The number of hydrogen-bond donors (Lipinski definition) is 0. The van der Waals surface area contributed by atoms with Gasteiger partial charge in [0.1, 0.15) is 0 Å². The molecule has 2 aromatic rings. The summed E-state index contributed by atoms with van der Waals surface area (Å²) >= 11 is 0. The molecule has 0 fully saturated rings. The first-order valence-electron chi connectivity index (χ1n) is 5.26. The lowest BCUT2D eigenvalue weighted by Crippen LogP contribution is -1.85. The van der Waals surface area contributed by atoms with Gasteiger partial charge in [0.2, 0.25) is 0 Å². The largest absolute Gasteiger partial charge is 0.159 e. The molecule has 1 aromatic heterocycles. The maximum atomic E-state index is 3.87. The number of aromatic nitrogens is 2. The van der Waals surface area contributed by atoms with E-state index >= 15 is 0 Å². The SMILES string of the molecule is CCCc1ccc(-c2ccnnc2)cc1. The third kappa shape index (κ3) is 2.40. The van der Waals surface area contributed by atoms with Crippen LogP contribution in [0.25, 0.3) is 11.1 Å². The molecule has 0 atom stereocenters. The van der Waals surface area contributed by atoms with Crippen molar-refractivity contribution in [1.29, 1.82) is 0 Å². The van der Waals surface area contributed by atoms with Gasteiger partial charge in [-0.05, 0) is 23.6 Å². The highest BCUT2D eigenvalue weighted by molar-refractivity contribution is 5.62. The molecule has 0 aliphatic heterocycles. The summed E-state index contributed by atoms with van der Waals surface area (Å²) in [6, 6.07) is 10.6. The molecule has 1 aromatic carbocycles. The summed E-state index contributed by atoms with van der Waals surface area (Å²) in [5.41, 5.74) is 3.71. The van der Waals surface area contributed by atoms with Gasteiger partial charge in [0.05, 0.1) is 12.4 Å². The Balaban J connectivity index is 2.24. The van der Waals surface area contributed by atoms with Crippen molar-refractivity contribution in [3.63, 3.8) is 0 Å². The molecule has 0 bridgehead atoms. The molecule has 0 aliphatic rings. The van der Waals surface area contributed by atoms with Gasteiger partial charge in [-0.25, -0.2) is 0 Å². The van der Waals surface area contributed by atoms with Gasteiger partial charge in [-0.15, -0.1) is 0 Å². The predicted molar refractivity (Wildman–Crippen MR) is 61.5 cm³/mol. The molecule has 2 nitrogen and oxygen atoms in total. The maximum Gasteiger partial charge on any atom is 0.0574 e. The predicted octanol–water partition coefficient (Wildman–Crippen LogP) is 3.10. The second-order valence-corrected chi connectivity index (χ2v) is 3.58. The Morgan fingerprint density at radius 1 is 0.933 bits per heavy atom. The first-order valence-corrected chi connectivity index (χ1v) is 5.26. The van der Waals surface area contributed by atoms with E-state index in [0.29, 0.717) is 0 Å². The fraction of sp³-hybridized carbons (Fsp3) is 0.231. The molecule has 0 radical (unpaired) electrons. The third-order valence-electron chi connectivity index (χ3n) is 2.41. The minimum absolute atomic E-state index is 1.12. The minimum Gasteiger partial charge on any atom is -0.159 e. The van der Waals surface area contributed by atoms with Crippen LogP contribution in [0.4, 0.5) is 0 Å². The van der Waals surface area contributed by atoms with Crippen molar-refractivity contribution in [2.45, 2.75) is 19.8 Å². The highest BCUT2D eigenvalue weighted by Gasteiger charge is 1.97. The molecule has 0 saturated heterocycles. The van der Waals surface area contributed by atoms with Crippen molar-refractivity contribution < 1.29 is 0 Å². The topological polar surface area (TPSA) is 25.8 Å². The van der Waals surface area contributed by atoms with Crippen LogP contribution in [0, 0.1) is 0 Å². The highest BCUT2D eigenvalue weighted by atomic mass is 15.1. The Kier molecular flexibility index (Phi) is 3.08. The molecule has 0 aliphatic carbocycles. The smallest absolute Gasteiger partial charge is 0.0574 e. The van der Waals surface area contributed by atoms with E-state index in [2.05, 4.69) is 41.4 Å². The van der Waals surface area contributed by atoms with Gasteiger partial charge in [-0.3, -0.25) is 0 Å². The van der Waals surface area contributed by atoms with Gasteiger partial charge in [-0.2, -0.15) is 10.2 Å². The standard InChI is InChI=1S/C13H14N2/c1-2-3-11-4-6-12(7-5-11)13-8-9-14-15-10-13/h4-10H,2-3H2,1H3. The van der Waals surface area contributed by atoms with Gasteiger partial charge < -0.3 is 0 Å². The van der Waals surface area contributed by atoms with E-state index in [0.717, 1.165) is 12.0 Å². The maximum absolute atomic E-state index is 3.87. The molecule has 0 unspecified atom stereocenters. The number of nitrogens with zero attached hydrogens (tertiary/aromatic N) is 2. The quantitative estimate of drug-likeness (QED) is 0.757. The summed E-state index contributed by atoms with van der Waals surface area (Å²) in [4.78, 5) is 0. The van der Waals surface area contributed by atoms with Crippen molar-refractivity contribution in [2.24, 2.45) is 0 Å². The Labute approximate surface area is 90.0 Å². The average Bonchev–Trinajstić information content (AvgIpc) is 2.32. The van der Waals surface area contributed by atoms with E-state index in [9.17, 15) is 0 Å². The van der Waals surface area contributed by atoms with E-state index in [1.54, 1.807) is 12.4 Å². The fourth-order valence-electron chi connectivity index (χ4n) is 1.61. The lowest BCUT2D eigenvalue weighted by atomic mass is 10.0. The summed E-state index contributed by atoms with van der Waals surface area (Å²) in [5, 5.41) is 7.64. The monoisotopic (exact) mass is 198 g/mol. The molecule has 0 spiro atoms. The summed E-state index contributed by atoms with van der Waals surface area (Å²) in [6.07, 6.45) is 5.84. The van der Waals surface area contributed by atoms with E-state index in [4.69, 9.17) is 0 Å². The Hall–Kier alpha value is -1.70. The summed E-state index contributed by atoms with van der Waals surface area (Å²) in [7, 11) is 0. The van der Waals surface area contributed by atoms with Crippen molar-refractivity contribution in [2.75, 3.05) is 0 Å². The molecule has 15 heavy (non-hydrogen) atoms. The van der Waals surface area contributed by atoms with Gasteiger partial charge >= 0.3 is 0 Å². The van der Waals surface area contributed by atoms with Crippen LogP contribution in [-0.2, 0) is 6.42 Å². The van der Waals surface area contributed by atoms with E-state index in [1.165, 1.54) is 17.5 Å². The summed E-state index contributed by atoms with van der Waals surface area (Å²) in [6.45, 7) is 2.20. The van der Waals surface area contributed by atoms with Gasteiger partial charge in [0.25, 0.3) is 0 Å². The molecule has 76 valence electrons. The third-order valence-corrected chi connectivity index (χ3v) is 2.41. The lowest BCUT2D eigenvalue weighted by molar-refractivity contribution is 0.922. The Morgan fingerprint density at radius 2 is 1.73 bits per heavy atom. The van der Waals surface area contributed by atoms with E-state index < -0.39 is 0 Å². The van der Waals surface area contributed by atoms with Crippen LogP contribution in [0.3, 0.4) is 0 Å². The zero-order valence-electron chi connectivity index (χ0n) is 8.85. The number of hydrogen-bond acceptors (Lipinski definition) is 2. The summed E-state index contributed by atoms with van der Waals surface area (Å²) < 4.78 is 0. The Bertz CT molecular complexity index is 406. The van der Waals surface area contributed by atoms with Crippen LogP contribution in [0.15, 0.2) is 42.7 Å². The van der Waals surface area contributed by atoms with Crippen molar-refractivity contribution in [3.05, 3.63) is 48.3 Å². The van der Waals surface area contributed by atoms with Crippen LogP contribution >= 0.6 is 0 Å². The number of benzene rings is 1. The molecule has 1 heterocycles. The molecule has 2 heteroatoms. The van der Waals surface area contributed by atoms with Crippen molar-refractivity contribution in [3.8, 4) is 11.1 Å². The van der Waals surface area contributed by atoms with Gasteiger partial charge in [0.15, 0.2) is 0 Å². The second kappa shape index (κ2) is 4.69. The molecule has 2 rings (SSSR count). The molecular formula is C13H14N2. The van der Waals surface area contributed by atoms with Crippen LogP contribution in [0.5, 0.6) is 0 Å². The number of aryl methyl sites for hydroxylation is 1. The summed E-state index contributed by atoms with van der Waals surface area (Å²) in [5.74, 6) is 0. The first-order chi connectivity index (χ1) is 7.40. The number of rotatable bonds is 3. The molecule has 0 N–H and O–H groups in total. The normalized spacial score (nSPS) is 10.2. The van der Waals surface area contributed by atoms with E-state index in [-0.39, 0.29) is 0 Å². The van der Waals surface area contributed by atoms with Crippen molar-refractivity contribution >= 4 is 0 Å². The van der Waals surface area contributed by atoms with Gasteiger partial charge in [-0.1, -0.05) is 37.6 Å². The average molecular weight is 198 g/mol. The lowest BCUT2D eigenvalue weighted by Gasteiger charge is -2.02.